The minimum atomic E-state index is 0.658. The Bertz CT molecular complexity index is 173. The minimum absolute atomic E-state index is 0.658. The Labute approximate surface area is 92.6 Å². The van der Waals surface area contributed by atoms with E-state index < -0.39 is 0 Å². The molecule has 0 radical (unpaired) electrons. The summed E-state index contributed by atoms with van der Waals surface area (Å²) in [5, 5.41) is 1.38. The molecule has 13 heavy (non-hydrogen) atoms. The van der Waals surface area contributed by atoms with E-state index in [1.54, 1.807) is 0 Å². The first kappa shape index (κ1) is 15.5. The molecule has 2 heteroatoms. The largest absolute Gasteiger partial charge is 0.0831 e. The van der Waals surface area contributed by atoms with Crippen LogP contribution in [0.4, 0.5) is 0 Å². The molecule has 78 valence electrons. The van der Waals surface area contributed by atoms with E-state index in [4.69, 9.17) is 23.2 Å². The van der Waals surface area contributed by atoms with Gasteiger partial charge in [0.15, 0.2) is 0 Å². The lowest BCUT2D eigenvalue weighted by Gasteiger charge is -2.03. The normalized spacial score (nSPS) is 10.2. The van der Waals surface area contributed by atoms with Crippen LogP contribution in [0.1, 0.15) is 47.5 Å². The van der Waals surface area contributed by atoms with Crippen molar-refractivity contribution in [2.75, 3.05) is 0 Å². The van der Waals surface area contributed by atoms with Crippen LogP contribution in [-0.2, 0) is 0 Å². The fourth-order valence-corrected chi connectivity index (χ4v) is 1.37. The summed E-state index contributed by atoms with van der Waals surface area (Å²) in [5.74, 6) is 0. The number of allylic oxidation sites excluding steroid dienone is 4. The number of rotatable bonds is 3. The van der Waals surface area contributed by atoms with Crippen LogP contribution >= 0.6 is 23.2 Å². The molecule has 0 amide bonds. The van der Waals surface area contributed by atoms with Crippen molar-refractivity contribution in [1.82, 2.24) is 0 Å². The van der Waals surface area contributed by atoms with Crippen molar-refractivity contribution < 1.29 is 0 Å². The predicted molar refractivity (Wildman–Crippen MR) is 64.4 cm³/mol. The summed E-state index contributed by atoms with van der Waals surface area (Å²) in [7, 11) is 0. The lowest BCUT2D eigenvalue weighted by Crippen LogP contribution is -1.83. The maximum absolute atomic E-state index is 5.98. The first-order chi connectivity index (χ1) is 6.17. The number of halogens is 2. The molecule has 0 aliphatic heterocycles. The second kappa shape index (κ2) is 10.1. The highest BCUT2D eigenvalue weighted by Gasteiger charge is 2.02. The van der Waals surface area contributed by atoms with Gasteiger partial charge in [-0.3, -0.25) is 0 Å². The summed E-state index contributed by atoms with van der Waals surface area (Å²) in [4.78, 5) is 0. The highest BCUT2D eigenvalue weighted by atomic mass is 35.5. The van der Waals surface area contributed by atoms with E-state index in [9.17, 15) is 0 Å². The molecule has 0 atom stereocenters. The standard InChI is InChI=1S/C9H14Cl2.C2H6/c1-4-7(5-2)9(11)8(10)6-3;1-2/h6H,4-5H2,1-3H3;1-2H3/b8-6+;. The van der Waals surface area contributed by atoms with Crippen LogP contribution in [0.3, 0.4) is 0 Å². The zero-order chi connectivity index (χ0) is 10.9. The van der Waals surface area contributed by atoms with Crippen LogP contribution in [0.25, 0.3) is 0 Å². The highest BCUT2D eigenvalue weighted by molar-refractivity contribution is 6.44. The van der Waals surface area contributed by atoms with E-state index in [1.807, 2.05) is 26.8 Å². The molecule has 0 saturated carbocycles. The maximum Gasteiger partial charge on any atom is 0.0580 e. The van der Waals surface area contributed by atoms with Gasteiger partial charge in [-0.2, -0.15) is 0 Å². The third-order valence-electron chi connectivity index (χ3n) is 1.63. The number of hydrogen-bond acceptors (Lipinski definition) is 0. The van der Waals surface area contributed by atoms with Gasteiger partial charge in [0.05, 0.1) is 10.1 Å². The summed E-state index contributed by atoms with van der Waals surface area (Å²) < 4.78 is 0. The predicted octanol–water partition coefficient (Wildman–Crippen LogP) is 5.47. The molecule has 0 aromatic rings. The van der Waals surface area contributed by atoms with Crippen molar-refractivity contribution in [2.45, 2.75) is 47.5 Å². The van der Waals surface area contributed by atoms with Gasteiger partial charge in [0, 0.05) is 0 Å². The second-order valence-corrected chi connectivity index (χ2v) is 3.05. The van der Waals surface area contributed by atoms with Gasteiger partial charge in [-0.15, -0.1) is 0 Å². The topological polar surface area (TPSA) is 0 Å². The average molecular weight is 223 g/mol. The fourth-order valence-electron chi connectivity index (χ4n) is 0.856. The highest BCUT2D eigenvalue weighted by Crippen LogP contribution is 2.25. The van der Waals surface area contributed by atoms with Gasteiger partial charge < -0.3 is 0 Å². The molecule has 0 rings (SSSR count). The van der Waals surface area contributed by atoms with Gasteiger partial charge in [-0.25, -0.2) is 0 Å². The van der Waals surface area contributed by atoms with Crippen molar-refractivity contribution in [3.05, 3.63) is 21.7 Å². The van der Waals surface area contributed by atoms with Crippen molar-refractivity contribution in [3.8, 4) is 0 Å². The fraction of sp³-hybridized carbons (Fsp3) is 0.636. The second-order valence-electron chi connectivity index (χ2n) is 2.26. The molecule has 0 spiro atoms. The van der Waals surface area contributed by atoms with E-state index in [1.165, 1.54) is 5.57 Å². The molecule has 0 aromatic carbocycles. The third-order valence-corrected chi connectivity index (χ3v) is 2.60. The Morgan fingerprint density at radius 1 is 1.08 bits per heavy atom. The van der Waals surface area contributed by atoms with Gasteiger partial charge >= 0.3 is 0 Å². The van der Waals surface area contributed by atoms with Gasteiger partial charge in [-0.1, -0.05) is 62.5 Å². The van der Waals surface area contributed by atoms with Crippen molar-refractivity contribution in [2.24, 2.45) is 0 Å². The summed E-state index contributed by atoms with van der Waals surface area (Å²) in [6, 6.07) is 0. The molecule has 0 aliphatic carbocycles. The quantitative estimate of drug-likeness (QED) is 0.556. The smallest absolute Gasteiger partial charge is 0.0580 e. The number of hydrogen-bond donors (Lipinski definition) is 0. The Hall–Kier alpha value is 0.0600. The molecule has 0 heterocycles. The summed E-state index contributed by atoms with van der Waals surface area (Å²) >= 11 is 11.8. The van der Waals surface area contributed by atoms with Crippen LogP contribution in [0, 0.1) is 0 Å². The summed E-state index contributed by atoms with van der Waals surface area (Å²) in [6.45, 7) is 10.1. The van der Waals surface area contributed by atoms with Crippen molar-refractivity contribution in [1.29, 1.82) is 0 Å². The monoisotopic (exact) mass is 222 g/mol. The first-order valence-electron chi connectivity index (χ1n) is 4.87. The zero-order valence-electron chi connectivity index (χ0n) is 9.25. The van der Waals surface area contributed by atoms with Gasteiger partial charge in [0.1, 0.15) is 0 Å². The maximum atomic E-state index is 5.98. The van der Waals surface area contributed by atoms with Crippen molar-refractivity contribution in [3.63, 3.8) is 0 Å². The molecule has 0 N–H and O–H groups in total. The lowest BCUT2D eigenvalue weighted by atomic mass is 10.1. The summed E-state index contributed by atoms with van der Waals surface area (Å²) in [5.41, 5.74) is 1.22. The first-order valence-corrected chi connectivity index (χ1v) is 5.62. The van der Waals surface area contributed by atoms with E-state index in [-0.39, 0.29) is 0 Å². The van der Waals surface area contributed by atoms with Crippen molar-refractivity contribution >= 4 is 23.2 Å². The molecule has 0 bridgehead atoms. The van der Waals surface area contributed by atoms with E-state index >= 15 is 0 Å². The van der Waals surface area contributed by atoms with Gasteiger partial charge in [-0.05, 0) is 19.8 Å². The van der Waals surface area contributed by atoms with Crippen LogP contribution < -0.4 is 0 Å². The Morgan fingerprint density at radius 2 is 1.46 bits per heavy atom. The van der Waals surface area contributed by atoms with Gasteiger partial charge in [0.25, 0.3) is 0 Å². The summed E-state index contributed by atoms with van der Waals surface area (Å²) in [6.07, 6.45) is 3.76. The Kier molecular flexibility index (Phi) is 12.1. The average Bonchev–Trinajstić information content (AvgIpc) is 2.21. The van der Waals surface area contributed by atoms with Crippen LogP contribution in [-0.4, -0.2) is 0 Å². The molecule has 0 nitrogen and oxygen atoms in total. The molecular formula is C11H20Cl2. The van der Waals surface area contributed by atoms with E-state index in [0.717, 1.165) is 17.9 Å². The SMILES string of the molecule is C/C=C(/Cl)C(Cl)=C(CC)CC.CC. The van der Waals surface area contributed by atoms with Crippen LogP contribution in [0.5, 0.6) is 0 Å². The lowest BCUT2D eigenvalue weighted by molar-refractivity contribution is 0.971. The Morgan fingerprint density at radius 3 is 1.69 bits per heavy atom. The van der Waals surface area contributed by atoms with Crippen LogP contribution in [0.15, 0.2) is 21.7 Å². The molecule has 0 unspecified atom stereocenters. The van der Waals surface area contributed by atoms with Crippen LogP contribution in [0.2, 0.25) is 0 Å². The molecule has 0 aromatic heterocycles. The minimum Gasteiger partial charge on any atom is -0.0831 e. The third kappa shape index (κ3) is 6.17. The molecule has 0 aliphatic rings. The molecule has 0 fully saturated rings. The zero-order valence-corrected chi connectivity index (χ0v) is 10.8. The van der Waals surface area contributed by atoms with E-state index in [2.05, 4.69) is 13.8 Å². The van der Waals surface area contributed by atoms with E-state index in [0.29, 0.717) is 5.03 Å². The molecule has 0 saturated heterocycles. The Balaban J connectivity index is 0. The van der Waals surface area contributed by atoms with Gasteiger partial charge in [0.2, 0.25) is 0 Å². The molecular weight excluding hydrogens is 203 g/mol.